The van der Waals surface area contributed by atoms with Crippen LogP contribution in [0.15, 0.2) is 48.5 Å². The number of ether oxygens (including phenoxy) is 2. The standard InChI is InChI=1S/C22H20F6O3/c1-13(16-9-17(21(23,24)25)11-18(10-16)22(26,27)28)31-20-19(14-5-3-2-4-6-14)15(12-29)7-8-30-20/h2-6,9-13,15,19-20H,7-8H2,1H3/t13-,15-,19-,20-/m1/s1. The van der Waals surface area contributed by atoms with Crippen molar-refractivity contribution in [1.29, 1.82) is 0 Å². The lowest BCUT2D eigenvalue weighted by Crippen LogP contribution is -2.38. The van der Waals surface area contributed by atoms with E-state index in [0.717, 1.165) is 11.8 Å². The Bertz CT molecular complexity index is 862. The highest BCUT2D eigenvalue weighted by Crippen LogP contribution is 2.40. The van der Waals surface area contributed by atoms with Gasteiger partial charge in [-0.2, -0.15) is 26.3 Å². The lowest BCUT2D eigenvalue weighted by atomic mass is 9.82. The maximum absolute atomic E-state index is 13.2. The van der Waals surface area contributed by atoms with Gasteiger partial charge in [0, 0.05) is 11.8 Å². The van der Waals surface area contributed by atoms with Gasteiger partial charge in [-0.1, -0.05) is 30.3 Å². The first-order valence-corrected chi connectivity index (χ1v) is 9.57. The Morgan fingerprint density at radius 2 is 1.58 bits per heavy atom. The van der Waals surface area contributed by atoms with Gasteiger partial charge in [-0.05, 0) is 42.7 Å². The number of rotatable bonds is 5. The van der Waals surface area contributed by atoms with Crippen LogP contribution in [0.1, 0.15) is 47.6 Å². The highest BCUT2D eigenvalue weighted by molar-refractivity contribution is 5.56. The Hall–Kier alpha value is -2.39. The Balaban J connectivity index is 1.93. The topological polar surface area (TPSA) is 35.5 Å². The predicted molar refractivity (Wildman–Crippen MR) is 99.0 cm³/mol. The first-order valence-electron chi connectivity index (χ1n) is 9.57. The molecule has 0 aliphatic carbocycles. The van der Waals surface area contributed by atoms with E-state index in [4.69, 9.17) is 9.47 Å². The molecule has 9 heteroatoms. The molecule has 1 heterocycles. The predicted octanol–water partition coefficient (Wildman–Crippen LogP) is 6.15. The summed E-state index contributed by atoms with van der Waals surface area (Å²) in [6.45, 7) is 1.53. The van der Waals surface area contributed by atoms with E-state index in [1.165, 1.54) is 6.92 Å². The zero-order chi connectivity index (χ0) is 22.8. The van der Waals surface area contributed by atoms with Gasteiger partial charge in [0.1, 0.15) is 6.29 Å². The second-order valence-corrected chi connectivity index (χ2v) is 7.38. The Morgan fingerprint density at radius 3 is 2.10 bits per heavy atom. The van der Waals surface area contributed by atoms with Crippen LogP contribution in [-0.2, 0) is 26.6 Å². The molecule has 0 N–H and O–H groups in total. The number of aldehydes is 1. The smallest absolute Gasteiger partial charge is 0.352 e. The number of hydrogen-bond donors (Lipinski definition) is 0. The summed E-state index contributed by atoms with van der Waals surface area (Å²) in [5, 5.41) is 0. The van der Waals surface area contributed by atoms with E-state index in [1.807, 2.05) is 0 Å². The van der Waals surface area contributed by atoms with Crippen LogP contribution in [0.4, 0.5) is 26.3 Å². The van der Waals surface area contributed by atoms with Crippen LogP contribution < -0.4 is 0 Å². The number of carbonyl (C=O) groups is 1. The molecule has 0 saturated carbocycles. The molecule has 1 fully saturated rings. The molecule has 0 amide bonds. The van der Waals surface area contributed by atoms with Crippen molar-refractivity contribution in [2.45, 2.75) is 44.0 Å². The second-order valence-electron chi connectivity index (χ2n) is 7.38. The van der Waals surface area contributed by atoms with Gasteiger partial charge in [0.15, 0.2) is 6.29 Å². The van der Waals surface area contributed by atoms with E-state index < -0.39 is 47.7 Å². The lowest BCUT2D eigenvalue weighted by Gasteiger charge is -2.37. The summed E-state index contributed by atoms with van der Waals surface area (Å²) in [6.07, 6.45) is -10.9. The van der Waals surface area contributed by atoms with Gasteiger partial charge >= 0.3 is 12.4 Å². The average molecular weight is 446 g/mol. The van der Waals surface area contributed by atoms with E-state index in [1.54, 1.807) is 30.3 Å². The molecule has 0 unspecified atom stereocenters. The van der Waals surface area contributed by atoms with E-state index in [0.29, 0.717) is 18.6 Å². The molecule has 2 aromatic carbocycles. The van der Waals surface area contributed by atoms with Crippen molar-refractivity contribution in [2.24, 2.45) is 5.92 Å². The molecule has 1 saturated heterocycles. The molecular weight excluding hydrogens is 426 g/mol. The summed E-state index contributed by atoms with van der Waals surface area (Å²) in [7, 11) is 0. The van der Waals surface area contributed by atoms with Gasteiger partial charge in [0.05, 0.1) is 23.8 Å². The van der Waals surface area contributed by atoms with Crippen molar-refractivity contribution >= 4 is 6.29 Å². The molecule has 0 aromatic heterocycles. The second kappa shape index (κ2) is 9.00. The van der Waals surface area contributed by atoms with Crippen molar-refractivity contribution in [1.82, 2.24) is 0 Å². The van der Waals surface area contributed by atoms with Crippen LogP contribution in [0.2, 0.25) is 0 Å². The number of halogens is 6. The molecule has 4 atom stereocenters. The van der Waals surface area contributed by atoms with E-state index in [2.05, 4.69) is 0 Å². The monoisotopic (exact) mass is 446 g/mol. The maximum Gasteiger partial charge on any atom is 0.416 e. The highest BCUT2D eigenvalue weighted by Gasteiger charge is 2.39. The van der Waals surface area contributed by atoms with Crippen molar-refractivity contribution < 1.29 is 40.6 Å². The van der Waals surface area contributed by atoms with Crippen molar-refractivity contribution in [3.63, 3.8) is 0 Å². The minimum absolute atomic E-state index is 0.0719. The third-order valence-corrected chi connectivity index (χ3v) is 5.26. The van der Waals surface area contributed by atoms with E-state index in [-0.39, 0.29) is 18.2 Å². The lowest BCUT2D eigenvalue weighted by molar-refractivity contribution is -0.207. The zero-order valence-corrected chi connectivity index (χ0v) is 16.4. The van der Waals surface area contributed by atoms with Crippen LogP contribution in [0, 0.1) is 5.92 Å². The van der Waals surface area contributed by atoms with Crippen LogP contribution in [0.25, 0.3) is 0 Å². The first-order chi connectivity index (χ1) is 14.5. The largest absolute Gasteiger partial charge is 0.416 e. The molecule has 2 aromatic rings. The third-order valence-electron chi connectivity index (χ3n) is 5.26. The van der Waals surface area contributed by atoms with Gasteiger partial charge in [-0.3, -0.25) is 0 Å². The minimum atomic E-state index is -4.95. The minimum Gasteiger partial charge on any atom is -0.352 e. The fraction of sp³-hybridized carbons (Fsp3) is 0.409. The van der Waals surface area contributed by atoms with Crippen LogP contribution in [-0.4, -0.2) is 19.2 Å². The highest BCUT2D eigenvalue weighted by atomic mass is 19.4. The fourth-order valence-corrected chi connectivity index (χ4v) is 3.65. The molecule has 3 rings (SSSR count). The molecule has 0 spiro atoms. The molecule has 1 aliphatic rings. The van der Waals surface area contributed by atoms with Gasteiger partial charge in [-0.25, -0.2) is 0 Å². The Morgan fingerprint density at radius 1 is 1.00 bits per heavy atom. The Kier molecular flexibility index (Phi) is 6.76. The van der Waals surface area contributed by atoms with Crippen molar-refractivity contribution in [3.8, 4) is 0 Å². The quantitative estimate of drug-likeness (QED) is 0.409. The third kappa shape index (κ3) is 5.46. The molecule has 3 nitrogen and oxygen atoms in total. The summed E-state index contributed by atoms with van der Waals surface area (Å²) in [5.41, 5.74) is -2.38. The van der Waals surface area contributed by atoms with E-state index in [9.17, 15) is 31.1 Å². The molecule has 1 aliphatic heterocycles. The summed E-state index contributed by atoms with van der Waals surface area (Å²) >= 11 is 0. The van der Waals surface area contributed by atoms with Crippen LogP contribution >= 0.6 is 0 Å². The maximum atomic E-state index is 13.2. The first kappa shape index (κ1) is 23.3. The van der Waals surface area contributed by atoms with Gasteiger partial charge in [0.25, 0.3) is 0 Å². The number of carbonyl (C=O) groups excluding carboxylic acids is 1. The van der Waals surface area contributed by atoms with E-state index >= 15 is 0 Å². The summed E-state index contributed by atoms with van der Waals surface area (Å²) in [4.78, 5) is 11.6. The number of benzene rings is 2. The molecule has 31 heavy (non-hydrogen) atoms. The zero-order valence-electron chi connectivity index (χ0n) is 16.4. The van der Waals surface area contributed by atoms with Crippen LogP contribution in [0.5, 0.6) is 0 Å². The summed E-state index contributed by atoms with van der Waals surface area (Å²) < 4.78 is 90.4. The number of alkyl halides is 6. The van der Waals surface area contributed by atoms with Gasteiger partial charge in [-0.15, -0.1) is 0 Å². The van der Waals surface area contributed by atoms with Gasteiger partial charge in [0.2, 0.25) is 0 Å². The molecule has 168 valence electrons. The SMILES string of the molecule is C[C@@H](O[C@H]1OCC[C@H](C=O)[C@H]1c1ccccc1)c1cc(C(F)(F)F)cc(C(F)(F)F)c1. The summed E-state index contributed by atoms with van der Waals surface area (Å²) in [5.74, 6) is -0.997. The fourth-order valence-electron chi connectivity index (χ4n) is 3.65. The molecule has 0 radical (unpaired) electrons. The summed E-state index contributed by atoms with van der Waals surface area (Å²) in [6, 6.07) is 10.2. The average Bonchev–Trinajstić information content (AvgIpc) is 2.72. The normalized spacial score (nSPS) is 23.4. The Labute approximate surface area is 175 Å². The molecular formula is C22H20F6O3. The van der Waals surface area contributed by atoms with Crippen LogP contribution in [0.3, 0.4) is 0 Å². The van der Waals surface area contributed by atoms with Crippen molar-refractivity contribution in [2.75, 3.05) is 6.61 Å². The van der Waals surface area contributed by atoms with Crippen molar-refractivity contribution in [3.05, 3.63) is 70.8 Å². The van der Waals surface area contributed by atoms with Gasteiger partial charge < -0.3 is 14.3 Å². The molecule has 0 bridgehead atoms. The number of hydrogen-bond acceptors (Lipinski definition) is 3.